The molecule has 4 nitrogen and oxygen atoms in total. The Kier molecular flexibility index (Phi) is 6.13. The van der Waals surface area contributed by atoms with Gasteiger partial charge in [-0.05, 0) is 37.1 Å². The van der Waals surface area contributed by atoms with Gasteiger partial charge in [-0.3, -0.25) is 9.59 Å². The van der Waals surface area contributed by atoms with Gasteiger partial charge in [0.2, 0.25) is 11.8 Å². The van der Waals surface area contributed by atoms with E-state index in [1.54, 1.807) is 17.0 Å². The van der Waals surface area contributed by atoms with Crippen molar-refractivity contribution < 1.29 is 14.0 Å². The molecule has 0 aromatic heterocycles. The molecule has 1 atom stereocenters. The largest absolute Gasteiger partial charge is 0.351 e. The third kappa shape index (κ3) is 4.53. The standard InChI is InChI=1S/C18H25FN2O2/c1-3-5-13(6-4-2)18(23)20-15-11-17(22)21(12-15)16-9-7-14(19)8-10-16/h7-10,13,15H,3-6,11-12H2,1-2H3,(H,20,23)/t15-/m0/s1. The first-order valence-electron chi connectivity index (χ1n) is 8.41. The number of nitrogens with one attached hydrogen (secondary N) is 1. The van der Waals surface area contributed by atoms with E-state index >= 15 is 0 Å². The van der Waals surface area contributed by atoms with Gasteiger partial charge in [-0.1, -0.05) is 26.7 Å². The summed E-state index contributed by atoms with van der Waals surface area (Å²) in [5.41, 5.74) is 0.673. The van der Waals surface area contributed by atoms with Gasteiger partial charge in [-0.2, -0.15) is 0 Å². The van der Waals surface area contributed by atoms with Crippen molar-refractivity contribution in [1.82, 2.24) is 5.32 Å². The topological polar surface area (TPSA) is 49.4 Å². The monoisotopic (exact) mass is 320 g/mol. The number of hydrogen-bond donors (Lipinski definition) is 1. The molecular weight excluding hydrogens is 295 g/mol. The van der Waals surface area contributed by atoms with Crippen LogP contribution in [-0.2, 0) is 9.59 Å². The van der Waals surface area contributed by atoms with Crippen LogP contribution >= 0.6 is 0 Å². The maximum Gasteiger partial charge on any atom is 0.229 e. The maximum atomic E-state index is 13.0. The van der Waals surface area contributed by atoms with Crippen LogP contribution in [0.2, 0.25) is 0 Å². The molecule has 5 heteroatoms. The molecule has 0 radical (unpaired) electrons. The van der Waals surface area contributed by atoms with E-state index in [2.05, 4.69) is 19.2 Å². The van der Waals surface area contributed by atoms with Gasteiger partial charge < -0.3 is 10.2 Å². The van der Waals surface area contributed by atoms with Gasteiger partial charge in [0.05, 0.1) is 6.04 Å². The maximum absolute atomic E-state index is 13.0. The zero-order valence-electron chi connectivity index (χ0n) is 13.8. The van der Waals surface area contributed by atoms with E-state index in [1.165, 1.54) is 12.1 Å². The Morgan fingerprint density at radius 2 is 1.87 bits per heavy atom. The van der Waals surface area contributed by atoms with Crippen molar-refractivity contribution in [3.63, 3.8) is 0 Å². The summed E-state index contributed by atoms with van der Waals surface area (Å²) < 4.78 is 13.0. The van der Waals surface area contributed by atoms with Gasteiger partial charge in [0, 0.05) is 24.6 Å². The van der Waals surface area contributed by atoms with Crippen molar-refractivity contribution in [2.45, 2.75) is 52.0 Å². The number of carbonyl (C=O) groups is 2. The summed E-state index contributed by atoms with van der Waals surface area (Å²) >= 11 is 0. The lowest BCUT2D eigenvalue weighted by Gasteiger charge is -2.20. The highest BCUT2D eigenvalue weighted by Crippen LogP contribution is 2.22. The van der Waals surface area contributed by atoms with Gasteiger partial charge >= 0.3 is 0 Å². The number of amides is 2. The average Bonchev–Trinajstić information content (AvgIpc) is 2.88. The Morgan fingerprint density at radius 3 is 2.43 bits per heavy atom. The highest BCUT2D eigenvalue weighted by atomic mass is 19.1. The van der Waals surface area contributed by atoms with E-state index in [0.29, 0.717) is 18.7 Å². The fourth-order valence-corrected chi connectivity index (χ4v) is 3.10. The first-order valence-corrected chi connectivity index (χ1v) is 8.41. The number of carbonyl (C=O) groups excluding carboxylic acids is 2. The third-order valence-electron chi connectivity index (χ3n) is 4.25. The molecular formula is C18H25FN2O2. The van der Waals surface area contributed by atoms with Crippen LogP contribution in [0.15, 0.2) is 24.3 Å². The molecule has 0 unspecified atom stereocenters. The molecule has 23 heavy (non-hydrogen) atoms. The lowest BCUT2D eigenvalue weighted by atomic mass is 9.97. The fraction of sp³-hybridized carbons (Fsp3) is 0.556. The number of rotatable bonds is 7. The molecule has 2 rings (SSSR count). The normalized spacial score (nSPS) is 17.8. The lowest BCUT2D eigenvalue weighted by Crippen LogP contribution is -2.40. The molecule has 1 heterocycles. The van der Waals surface area contributed by atoms with Gasteiger partial charge in [0.15, 0.2) is 0 Å². The molecule has 1 aromatic rings. The van der Waals surface area contributed by atoms with Crippen molar-refractivity contribution in [3.05, 3.63) is 30.1 Å². The van der Waals surface area contributed by atoms with E-state index < -0.39 is 0 Å². The van der Waals surface area contributed by atoms with Crippen molar-refractivity contribution >= 4 is 17.5 Å². The molecule has 1 saturated heterocycles. The van der Waals surface area contributed by atoms with Crippen LogP contribution in [0.1, 0.15) is 46.0 Å². The quantitative estimate of drug-likeness (QED) is 0.838. The molecule has 0 spiro atoms. The second-order valence-electron chi connectivity index (χ2n) is 6.16. The van der Waals surface area contributed by atoms with Crippen molar-refractivity contribution in [2.75, 3.05) is 11.4 Å². The van der Waals surface area contributed by atoms with Gasteiger partial charge in [-0.25, -0.2) is 4.39 Å². The highest BCUT2D eigenvalue weighted by molar-refractivity contribution is 5.96. The van der Waals surface area contributed by atoms with Crippen LogP contribution < -0.4 is 10.2 Å². The summed E-state index contributed by atoms with van der Waals surface area (Å²) in [5.74, 6) is -0.288. The first-order chi connectivity index (χ1) is 11.0. The Morgan fingerprint density at radius 1 is 1.26 bits per heavy atom. The summed E-state index contributed by atoms with van der Waals surface area (Å²) in [4.78, 5) is 26.1. The fourth-order valence-electron chi connectivity index (χ4n) is 3.10. The van der Waals surface area contributed by atoms with Crippen LogP contribution in [-0.4, -0.2) is 24.4 Å². The molecule has 2 amide bonds. The Hall–Kier alpha value is -1.91. The predicted octanol–water partition coefficient (Wildman–Crippen LogP) is 3.26. The summed E-state index contributed by atoms with van der Waals surface area (Å²) in [5, 5.41) is 3.01. The molecule has 1 aliphatic heterocycles. The zero-order chi connectivity index (χ0) is 16.8. The second-order valence-corrected chi connectivity index (χ2v) is 6.16. The van der Waals surface area contributed by atoms with Crippen LogP contribution in [0.5, 0.6) is 0 Å². The average molecular weight is 320 g/mol. The first kappa shape index (κ1) is 17.4. The van der Waals surface area contributed by atoms with E-state index in [0.717, 1.165) is 25.7 Å². The molecule has 1 N–H and O–H groups in total. The summed E-state index contributed by atoms with van der Waals surface area (Å²) in [6, 6.07) is 5.69. The SMILES string of the molecule is CCCC(CCC)C(=O)N[C@H]1CC(=O)N(c2ccc(F)cc2)C1. The Bertz CT molecular complexity index is 538. The number of hydrogen-bond acceptors (Lipinski definition) is 2. The Labute approximate surface area is 137 Å². The van der Waals surface area contributed by atoms with Gasteiger partial charge in [-0.15, -0.1) is 0 Å². The lowest BCUT2D eigenvalue weighted by molar-refractivity contribution is -0.126. The molecule has 1 aliphatic rings. The molecule has 126 valence electrons. The Balaban J connectivity index is 1.96. The van der Waals surface area contributed by atoms with Crippen molar-refractivity contribution in [2.24, 2.45) is 5.92 Å². The smallest absolute Gasteiger partial charge is 0.229 e. The van der Waals surface area contributed by atoms with Crippen LogP contribution in [0.4, 0.5) is 10.1 Å². The minimum Gasteiger partial charge on any atom is -0.351 e. The molecule has 1 fully saturated rings. The zero-order valence-corrected chi connectivity index (χ0v) is 13.8. The van der Waals surface area contributed by atoms with E-state index in [4.69, 9.17) is 0 Å². The van der Waals surface area contributed by atoms with E-state index in [-0.39, 0.29) is 29.6 Å². The van der Waals surface area contributed by atoms with Crippen LogP contribution in [0.25, 0.3) is 0 Å². The molecule has 0 saturated carbocycles. The van der Waals surface area contributed by atoms with E-state index in [9.17, 15) is 14.0 Å². The second kappa shape index (κ2) is 8.09. The predicted molar refractivity (Wildman–Crippen MR) is 88.6 cm³/mol. The van der Waals surface area contributed by atoms with Crippen molar-refractivity contribution in [1.29, 1.82) is 0 Å². The summed E-state index contributed by atoms with van der Waals surface area (Å²) in [6.45, 7) is 4.60. The third-order valence-corrected chi connectivity index (χ3v) is 4.25. The number of anilines is 1. The number of benzene rings is 1. The summed E-state index contributed by atoms with van der Waals surface area (Å²) in [6.07, 6.45) is 4.00. The van der Waals surface area contributed by atoms with E-state index in [1.807, 2.05) is 0 Å². The highest BCUT2D eigenvalue weighted by Gasteiger charge is 2.32. The number of nitrogens with zero attached hydrogens (tertiary/aromatic N) is 1. The van der Waals surface area contributed by atoms with Gasteiger partial charge in [0.1, 0.15) is 5.82 Å². The minimum absolute atomic E-state index is 0.0278. The molecule has 0 bridgehead atoms. The molecule has 1 aromatic carbocycles. The number of halogens is 1. The van der Waals surface area contributed by atoms with Gasteiger partial charge in [0.25, 0.3) is 0 Å². The van der Waals surface area contributed by atoms with Crippen LogP contribution in [0.3, 0.4) is 0 Å². The molecule has 0 aliphatic carbocycles. The van der Waals surface area contributed by atoms with Crippen molar-refractivity contribution in [3.8, 4) is 0 Å². The summed E-state index contributed by atoms with van der Waals surface area (Å²) in [7, 11) is 0. The minimum atomic E-state index is -0.327. The van der Waals surface area contributed by atoms with Crippen LogP contribution in [0, 0.1) is 11.7 Å².